The van der Waals surface area contributed by atoms with Crippen LogP contribution in [0.25, 0.3) is 0 Å². The molecule has 0 N–H and O–H groups in total. The lowest BCUT2D eigenvalue weighted by atomic mass is 10.3. The zero-order valence-corrected chi connectivity index (χ0v) is 8.78. The number of nitrogens with zero attached hydrogens (tertiary/aromatic N) is 2. The number of hydrogen-bond acceptors (Lipinski definition) is 2. The SMILES string of the molecule is CCn1cccc1CN1CCOCC1. The van der Waals surface area contributed by atoms with Crippen LogP contribution in [0.3, 0.4) is 0 Å². The third-order valence-electron chi connectivity index (χ3n) is 2.75. The zero-order chi connectivity index (χ0) is 9.80. The Morgan fingerprint density at radius 1 is 1.36 bits per heavy atom. The quantitative estimate of drug-likeness (QED) is 0.722. The first-order chi connectivity index (χ1) is 6.90. The Hall–Kier alpha value is -0.800. The molecule has 0 aliphatic carbocycles. The lowest BCUT2D eigenvalue weighted by molar-refractivity contribution is 0.0332. The number of hydrogen-bond donors (Lipinski definition) is 0. The van der Waals surface area contributed by atoms with E-state index in [1.807, 2.05) is 0 Å². The maximum atomic E-state index is 5.33. The predicted molar refractivity (Wildman–Crippen MR) is 56.2 cm³/mol. The molecule has 0 unspecified atom stereocenters. The molecule has 0 aromatic carbocycles. The molecule has 1 aromatic rings. The lowest BCUT2D eigenvalue weighted by Crippen LogP contribution is -2.36. The average Bonchev–Trinajstić information content (AvgIpc) is 2.67. The average molecular weight is 194 g/mol. The van der Waals surface area contributed by atoms with Crippen LogP contribution in [-0.4, -0.2) is 35.8 Å². The van der Waals surface area contributed by atoms with Crippen LogP contribution in [0, 0.1) is 0 Å². The second kappa shape index (κ2) is 4.62. The normalized spacial score (nSPS) is 18.6. The van der Waals surface area contributed by atoms with Crippen LogP contribution in [0.4, 0.5) is 0 Å². The van der Waals surface area contributed by atoms with E-state index in [1.165, 1.54) is 5.69 Å². The van der Waals surface area contributed by atoms with Crippen LogP contribution in [0.1, 0.15) is 12.6 Å². The summed E-state index contributed by atoms with van der Waals surface area (Å²) in [5.74, 6) is 0. The summed E-state index contributed by atoms with van der Waals surface area (Å²) in [4.78, 5) is 2.45. The van der Waals surface area contributed by atoms with Gasteiger partial charge in [-0.25, -0.2) is 0 Å². The van der Waals surface area contributed by atoms with Gasteiger partial charge in [-0.3, -0.25) is 4.90 Å². The summed E-state index contributed by atoms with van der Waals surface area (Å²) >= 11 is 0. The van der Waals surface area contributed by atoms with E-state index < -0.39 is 0 Å². The molecule has 1 aliphatic heterocycles. The fourth-order valence-corrected chi connectivity index (χ4v) is 1.89. The molecule has 78 valence electrons. The summed E-state index contributed by atoms with van der Waals surface area (Å²) in [5.41, 5.74) is 1.41. The molecule has 1 saturated heterocycles. The summed E-state index contributed by atoms with van der Waals surface area (Å²) < 4.78 is 7.63. The summed E-state index contributed by atoms with van der Waals surface area (Å²) in [7, 11) is 0. The van der Waals surface area contributed by atoms with Crippen molar-refractivity contribution in [2.75, 3.05) is 26.3 Å². The smallest absolute Gasteiger partial charge is 0.0594 e. The second-order valence-corrected chi connectivity index (χ2v) is 3.67. The molecule has 1 fully saturated rings. The van der Waals surface area contributed by atoms with E-state index in [2.05, 4.69) is 34.7 Å². The van der Waals surface area contributed by atoms with Gasteiger partial charge in [0, 0.05) is 38.1 Å². The lowest BCUT2D eigenvalue weighted by Gasteiger charge is -2.26. The molecular weight excluding hydrogens is 176 g/mol. The Labute approximate surface area is 85.3 Å². The van der Waals surface area contributed by atoms with Gasteiger partial charge in [-0.1, -0.05) is 0 Å². The summed E-state index contributed by atoms with van der Waals surface area (Å²) in [5, 5.41) is 0. The maximum absolute atomic E-state index is 5.33. The van der Waals surface area contributed by atoms with E-state index in [9.17, 15) is 0 Å². The van der Waals surface area contributed by atoms with Gasteiger partial charge in [0.1, 0.15) is 0 Å². The molecule has 0 atom stereocenters. The van der Waals surface area contributed by atoms with Crippen LogP contribution in [0.2, 0.25) is 0 Å². The minimum absolute atomic E-state index is 0.882. The Morgan fingerprint density at radius 3 is 2.86 bits per heavy atom. The van der Waals surface area contributed by atoms with Gasteiger partial charge >= 0.3 is 0 Å². The first-order valence-electron chi connectivity index (χ1n) is 5.34. The van der Waals surface area contributed by atoms with Crippen molar-refractivity contribution in [3.8, 4) is 0 Å². The largest absolute Gasteiger partial charge is 0.379 e. The zero-order valence-electron chi connectivity index (χ0n) is 8.78. The number of morpholine rings is 1. The van der Waals surface area contributed by atoms with E-state index in [4.69, 9.17) is 4.74 Å². The third kappa shape index (κ3) is 2.16. The number of aromatic nitrogens is 1. The highest BCUT2D eigenvalue weighted by atomic mass is 16.5. The topological polar surface area (TPSA) is 17.4 Å². The van der Waals surface area contributed by atoms with Crippen molar-refractivity contribution in [2.45, 2.75) is 20.0 Å². The number of aryl methyl sites for hydroxylation is 1. The Morgan fingerprint density at radius 2 is 2.14 bits per heavy atom. The Balaban J connectivity index is 1.95. The van der Waals surface area contributed by atoms with Gasteiger partial charge in [0.2, 0.25) is 0 Å². The first-order valence-corrected chi connectivity index (χ1v) is 5.34. The van der Waals surface area contributed by atoms with E-state index >= 15 is 0 Å². The van der Waals surface area contributed by atoms with Gasteiger partial charge in [-0.15, -0.1) is 0 Å². The van der Waals surface area contributed by atoms with Gasteiger partial charge in [0.05, 0.1) is 13.2 Å². The fraction of sp³-hybridized carbons (Fsp3) is 0.636. The minimum atomic E-state index is 0.882. The molecule has 3 nitrogen and oxygen atoms in total. The van der Waals surface area contributed by atoms with Crippen molar-refractivity contribution >= 4 is 0 Å². The molecule has 2 rings (SSSR count). The standard InChI is InChI=1S/C11H18N2O/c1-2-13-5-3-4-11(13)10-12-6-8-14-9-7-12/h3-5H,2,6-10H2,1H3. The molecule has 0 bridgehead atoms. The number of ether oxygens (including phenoxy) is 1. The summed E-state index contributed by atoms with van der Waals surface area (Å²) in [6, 6.07) is 4.33. The van der Waals surface area contributed by atoms with Gasteiger partial charge in [-0.2, -0.15) is 0 Å². The van der Waals surface area contributed by atoms with E-state index in [0.29, 0.717) is 0 Å². The third-order valence-corrected chi connectivity index (χ3v) is 2.75. The molecule has 14 heavy (non-hydrogen) atoms. The summed E-state index contributed by atoms with van der Waals surface area (Å²) in [6.45, 7) is 8.20. The van der Waals surface area contributed by atoms with Crippen LogP contribution in [0.15, 0.2) is 18.3 Å². The van der Waals surface area contributed by atoms with Crippen LogP contribution < -0.4 is 0 Å². The van der Waals surface area contributed by atoms with Crippen molar-refractivity contribution in [3.63, 3.8) is 0 Å². The molecule has 2 heterocycles. The van der Waals surface area contributed by atoms with E-state index in [1.54, 1.807) is 0 Å². The maximum Gasteiger partial charge on any atom is 0.0594 e. The molecule has 3 heteroatoms. The molecule has 0 saturated carbocycles. The Kier molecular flexibility index (Phi) is 3.22. The molecule has 0 spiro atoms. The molecule has 0 radical (unpaired) electrons. The van der Waals surface area contributed by atoms with Crippen LogP contribution in [-0.2, 0) is 17.8 Å². The van der Waals surface area contributed by atoms with Crippen molar-refractivity contribution in [1.29, 1.82) is 0 Å². The molecule has 1 aliphatic rings. The van der Waals surface area contributed by atoms with Gasteiger partial charge in [0.15, 0.2) is 0 Å². The molecule has 0 amide bonds. The van der Waals surface area contributed by atoms with E-state index in [0.717, 1.165) is 39.4 Å². The van der Waals surface area contributed by atoms with Crippen molar-refractivity contribution in [1.82, 2.24) is 9.47 Å². The van der Waals surface area contributed by atoms with Crippen LogP contribution >= 0.6 is 0 Å². The summed E-state index contributed by atoms with van der Waals surface area (Å²) in [6.07, 6.45) is 2.15. The van der Waals surface area contributed by atoms with E-state index in [-0.39, 0.29) is 0 Å². The van der Waals surface area contributed by atoms with Crippen LogP contribution in [0.5, 0.6) is 0 Å². The highest BCUT2D eigenvalue weighted by molar-refractivity contribution is 5.07. The predicted octanol–water partition coefficient (Wildman–Crippen LogP) is 1.34. The highest BCUT2D eigenvalue weighted by Gasteiger charge is 2.11. The van der Waals surface area contributed by atoms with Gasteiger partial charge in [-0.05, 0) is 19.1 Å². The second-order valence-electron chi connectivity index (χ2n) is 3.67. The van der Waals surface area contributed by atoms with Crippen molar-refractivity contribution in [3.05, 3.63) is 24.0 Å². The first kappa shape index (κ1) is 9.74. The minimum Gasteiger partial charge on any atom is -0.379 e. The van der Waals surface area contributed by atoms with Gasteiger partial charge < -0.3 is 9.30 Å². The van der Waals surface area contributed by atoms with Crippen molar-refractivity contribution in [2.24, 2.45) is 0 Å². The molecular formula is C11H18N2O. The monoisotopic (exact) mass is 194 g/mol. The Bertz CT molecular complexity index is 277. The van der Waals surface area contributed by atoms with Crippen molar-refractivity contribution < 1.29 is 4.74 Å². The molecule has 1 aromatic heterocycles. The number of rotatable bonds is 3. The highest BCUT2D eigenvalue weighted by Crippen LogP contribution is 2.08. The fourth-order valence-electron chi connectivity index (χ4n) is 1.89. The van der Waals surface area contributed by atoms with Gasteiger partial charge in [0.25, 0.3) is 0 Å².